The highest BCUT2D eigenvalue weighted by Crippen LogP contribution is 2.25. The topological polar surface area (TPSA) is 82.1 Å². The van der Waals surface area contributed by atoms with Crippen molar-refractivity contribution in [3.8, 4) is 11.4 Å². The third-order valence-electron chi connectivity index (χ3n) is 6.09. The van der Waals surface area contributed by atoms with Gasteiger partial charge in [0.15, 0.2) is 5.65 Å². The molecule has 170 valence electrons. The number of hydrogen-bond acceptors (Lipinski definition) is 4. The van der Waals surface area contributed by atoms with Gasteiger partial charge in [-0.15, -0.1) is 0 Å². The second kappa shape index (κ2) is 8.97. The number of anilines is 1. The molecule has 0 radical (unpaired) electrons. The molecule has 0 unspecified atom stereocenters. The number of aromatic nitrogens is 4. The van der Waals surface area contributed by atoms with Crippen molar-refractivity contribution in [3.05, 3.63) is 66.4 Å². The Hall–Kier alpha value is -3.81. The lowest BCUT2D eigenvalue weighted by Crippen LogP contribution is -2.51. The Bertz CT molecular complexity index is 1220. The lowest BCUT2D eigenvalue weighted by Gasteiger charge is -2.36. The van der Waals surface area contributed by atoms with Crippen LogP contribution in [-0.2, 0) is 6.54 Å². The summed E-state index contributed by atoms with van der Waals surface area (Å²) in [7, 11) is 0. The second-order valence-electron chi connectivity index (χ2n) is 8.67. The Labute approximate surface area is 193 Å². The van der Waals surface area contributed by atoms with Gasteiger partial charge in [0, 0.05) is 50.0 Å². The lowest BCUT2D eigenvalue weighted by molar-refractivity contribution is 0.194. The zero-order valence-corrected chi connectivity index (χ0v) is 19.0. The minimum atomic E-state index is -0.00120. The molecule has 0 atom stereocenters. The third kappa shape index (κ3) is 4.41. The monoisotopic (exact) mass is 443 g/mol. The van der Waals surface area contributed by atoms with Gasteiger partial charge in [-0.25, -0.2) is 14.5 Å². The van der Waals surface area contributed by atoms with Gasteiger partial charge in [-0.1, -0.05) is 30.3 Å². The highest BCUT2D eigenvalue weighted by molar-refractivity contribution is 5.77. The lowest BCUT2D eigenvalue weighted by atomic mass is 10.1. The summed E-state index contributed by atoms with van der Waals surface area (Å²) in [6.45, 7) is 7.79. The van der Waals surface area contributed by atoms with Crippen LogP contribution in [-0.4, -0.2) is 56.9 Å². The number of H-pyrrole nitrogens is 1. The Kier molecular flexibility index (Phi) is 5.73. The fourth-order valence-electron chi connectivity index (χ4n) is 4.21. The Morgan fingerprint density at radius 2 is 1.76 bits per heavy atom. The van der Waals surface area contributed by atoms with Crippen molar-refractivity contribution >= 4 is 22.9 Å². The molecule has 5 rings (SSSR count). The van der Waals surface area contributed by atoms with E-state index >= 15 is 0 Å². The Balaban J connectivity index is 1.18. The number of hydrogen-bond donors (Lipinski definition) is 2. The van der Waals surface area contributed by atoms with Gasteiger partial charge in [0.05, 0.1) is 6.20 Å². The van der Waals surface area contributed by atoms with Crippen molar-refractivity contribution in [1.82, 2.24) is 30.0 Å². The number of rotatable bonds is 5. The molecule has 2 aromatic carbocycles. The zero-order chi connectivity index (χ0) is 22.8. The fourth-order valence-corrected chi connectivity index (χ4v) is 4.21. The number of benzene rings is 2. The molecule has 0 aliphatic carbocycles. The van der Waals surface area contributed by atoms with Gasteiger partial charge in [0.1, 0.15) is 11.3 Å². The van der Waals surface area contributed by atoms with E-state index in [1.807, 2.05) is 46.1 Å². The predicted molar refractivity (Wildman–Crippen MR) is 130 cm³/mol. The molecular weight excluding hydrogens is 414 g/mol. The van der Waals surface area contributed by atoms with E-state index < -0.39 is 0 Å². The number of piperazine rings is 1. The van der Waals surface area contributed by atoms with Crippen molar-refractivity contribution in [2.45, 2.75) is 26.4 Å². The number of carbonyl (C=O) groups is 1. The van der Waals surface area contributed by atoms with Gasteiger partial charge in [-0.3, -0.25) is 0 Å². The smallest absolute Gasteiger partial charge is 0.317 e. The Morgan fingerprint density at radius 1 is 1.03 bits per heavy atom. The molecule has 4 aromatic rings. The summed E-state index contributed by atoms with van der Waals surface area (Å²) >= 11 is 0. The molecular formula is C25H29N7O. The van der Waals surface area contributed by atoms with E-state index in [1.165, 1.54) is 0 Å². The number of nitrogens with one attached hydrogen (secondary N) is 2. The SMILES string of the molecule is CC(C)n1ncc2[nH]c(-c3ccc(N4CCN(C(=O)NCc5ccccc5)CC4)cc3)nc21. The number of imidazole rings is 1. The molecule has 0 spiro atoms. The maximum atomic E-state index is 12.5. The molecule has 1 saturated heterocycles. The molecule has 2 N–H and O–H groups in total. The average molecular weight is 444 g/mol. The maximum absolute atomic E-state index is 12.5. The standard InChI is InChI=1S/C25H29N7O/c1-18(2)32-24-22(17-27-32)28-23(29-24)20-8-10-21(11-9-20)30-12-14-31(15-13-30)25(33)26-16-19-6-4-3-5-7-19/h3-11,17-18H,12-16H2,1-2H3,(H,26,33)(H,28,29). The van der Waals surface area contributed by atoms with Crippen LogP contribution in [0.1, 0.15) is 25.5 Å². The predicted octanol–water partition coefficient (Wildman–Crippen LogP) is 4.04. The third-order valence-corrected chi connectivity index (χ3v) is 6.09. The highest BCUT2D eigenvalue weighted by atomic mass is 16.2. The van der Waals surface area contributed by atoms with Gasteiger partial charge in [0.25, 0.3) is 0 Å². The first-order chi connectivity index (χ1) is 16.1. The largest absolute Gasteiger partial charge is 0.368 e. The first-order valence-corrected chi connectivity index (χ1v) is 11.4. The van der Waals surface area contributed by atoms with Crippen LogP contribution in [0.15, 0.2) is 60.8 Å². The van der Waals surface area contributed by atoms with Crippen LogP contribution in [0.4, 0.5) is 10.5 Å². The summed E-state index contributed by atoms with van der Waals surface area (Å²) in [6, 6.07) is 18.7. The zero-order valence-electron chi connectivity index (χ0n) is 19.0. The molecule has 8 nitrogen and oxygen atoms in total. The second-order valence-corrected chi connectivity index (χ2v) is 8.67. The first-order valence-electron chi connectivity index (χ1n) is 11.4. The van der Waals surface area contributed by atoms with E-state index in [1.54, 1.807) is 0 Å². The Morgan fingerprint density at radius 3 is 2.45 bits per heavy atom. The van der Waals surface area contributed by atoms with Crippen LogP contribution in [0, 0.1) is 0 Å². The molecule has 2 amide bonds. The minimum absolute atomic E-state index is 0.00120. The summed E-state index contributed by atoms with van der Waals surface area (Å²) in [6.07, 6.45) is 1.83. The molecule has 0 saturated carbocycles. The first kappa shape index (κ1) is 21.1. The summed E-state index contributed by atoms with van der Waals surface area (Å²) < 4.78 is 1.93. The molecule has 3 heterocycles. The number of urea groups is 1. The van der Waals surface area contributed by atoms with Crippen molar-refractivity contribution in [2.24, 2.45) is 0 Å². The van der Waals surface area contributed by atoms with E-state index in [0.717, 1.165) is 46.9 Å². The van der Waals surface area contributed by atoms with Crippen LogP contribution >= 0.6 is 0 Å². The molecule has 33 heavy (non-hydrogen) atoms. The highest BCUT2D eigenvalue weighted by Gasteiger charge is 2.21. The van der Waals surface area contributed by atoms with E-state index in [4.69, 9.17) is 4.98 Å². The molecule has 2 aromatic heterocycles. The van der Waals surface area contributed by atoms with Crippen molar-refractivity contribution in [3.63, 3.8) is 0 Å². The summed E-state index contributed by atoms with van der Waals surface area (Å²) in [4.78, 5) is 24.8. The van der Waals surface area contributed by atoms with Crippen LogP contribution < -0.4 is 10.2 Å². The van der Waals surface area contributed by atoms with Crippen LogP contribution in [0.5, 0.6) is 0 Å². The number of carbonyl (C=O) groups excluding carboxylic acids is 1. The summed E-state index contributed by atoms with van der Waals surface area (Å²) in [5, 5.41) is 7.41. The van der Waals surface area contributed by atoms with Gasteiger partial charge < -0.3 is 20.1 Å². The van der Waals surface area contributed by atoms with Crippen molar-refractivity contribution in [2.75, 3.05) is 31.1 Å². The molecule has 1 aliphatic rings. The number of amides is 2. The van der Waals surface area contributed by atoms with Crippen LogP contribution in [0.3, 0.4) is 0 Å². The van der Waals surface area contributed by atoms with E-state index in [9.17, 15) is 4.79 Å². The van der Waals surface area contributed by atoms with Crippen molar-refractivity contribution < 1.29 is 4.79 Å². The van der Waals surface area contributed by atoms with Crippen LogP contribution in [0.25, 0.3) is 22.6 Å². The van der Waals surface area contributed by atoms with Gasteiger partial charge in [-0.05, 0) is 43.7 Å². The average Bonchev–Trinajstić information content (AvgIpc) is 3.44. The van der Waals surface area contributed by atoms with E-state index in [2.05, 4.69) is 58.4 Å². The van der Waals surface area contributed by atoms with Gasteiger partial charge in [-0.2, -0.15) is 5.10 Å². The molecule has 0 bridgehead atoms. The number of fused-ring (bicyclic) bond motifs is 1. The fraction of sp³-hybridized carbons (Fsp3) is 0.320. The van der Waals surface area contributed by atoms with E-state index in [0.29, 0.717) is 19.6 Å². The number of aromatic amines is 1. The number of nitrogens with zero attached hydrogens (tertiary/aromatic N) is 5. The normalized spacial score (nSPS) is 14.3. The molecule has 1 aliphatic heterocycles. The molecule has 1 fully saturated rings. The quantitative estimate of drug-likeness (QED) is 0.488. The van der Waals surface area contributed by atoms with E-state index in [-0.39, 0.29) is 12.1 Å². The van der Waals surface area contributed by atoms with Crippen LogP contribution in [0.2, 0.25) is 0 Å². The van der Waals surface area contributed by atoms with Gasteiger partial charge in [0.2, 0.25) is 0 Å². The minimum Gasteiger partial charge on any atom is -0.368 e. The molecule has 8 heteroatoms. The summed E-state index contributed by atoms with van der Waals surface area (Å²) in [5.41, 5.74) is 5.14. The van der Waals surface area contributed by atoms with Gasteiger partial charge >= 0.3 is 6.03 Å². The summed E-state index contributed by atoms with van der Waals surface area (Å²) in [5.74, 6) is 0.850. The van der Waals surface area contributed by atoms with Crippen molar-refractivity contribution in [1.29, 1.82) is 0 Å². The maximum Gasteiger partial charge on any atom is 0.317 e.